The third-order valence-corrected chi connectivity index (χ3v) is 3.72. The number of nitrogens with two attached hydrogens (primary N) is 2. The number of hydrogen-bond acceptors (Lipinski definition) is 3. The molecule has 4 heteroatoms. The number of amides is 1. The molecule has 0 aliphatic carbocycles. The van der Waals surface area contributed by atoms with Crippen molar-refractivity contribution in [3.05, 3.63) is 23.8 Å². The van der Waals surface area contributed by atoms with E-state index >= 15 is 0 Å². The zero-order chi connectivity index (χ0) is 11.4. The van der Waals surface area contributed by atoms with Gasteiger partial charge in [0.25, 0.3) is 0 Å². The van der Waals surface area contributed by atoms with Gasteiger partial charge in [-0.2, -0.15) is 0 Å². The Balaban J connectivity index is 2.66. The van der Waals surface area contributed by atoms with Crippen LogP contribution in [0.1, 0.15) is 12.5 Å². The lowest BCUT2D eigenvalue weighted by Crippen LogP contribution is -2.22. The highest BCUT2D eigenvalue weighted by atomic mass is 32.2. The van der Waals surface area contributed by atoms with Crippen LogP contribution in [-0.4, -0.2) is 11.7 Å². The zero-order valence-corrected chi connectivity index (χ0v) is 9.80. The third kappa shape index (κ3) is 3.16. The van der Waals surface area contributed by atoms with Gasteiger partial charge in [-0.15, -0.1) is 11.8 Å². The Kier molecular flexibility index (Phi) is 4.03. The van der Waals surface area contributed by atoms with Crippen molar-refractivity contribution in [2.45, 2.75) is 18.7 Å². The van der Waals surface area contributed by atoms with Crippen LogP contribution in [0.3, 0.4) is 0 Å². The predicted molar refractivity (Wildman–Crippen MR) is 64.7 cm³/mol. The SMILES string of the molecule is Cc1c(N)cccc1SCC(C)C(N)=O. The quantitative estimate of drug-likeness (QED) is 0.605. The van der Waals surface area contributed by atoms with Crippen molar-refractivity contribution in [1.29, 1.82) is 0 Å². The fraction of sp³-hybridized carbons (Fsp3) is 0.364. The van der Waals surface area contributed by atoms with Crippen LogP contribution < -0.4 is 11.5 Å². The van der Waals surface area contributed by atoms with Gasteiger partial charge in [-0.05, 0) is 24.6 Å². The van der Waals surface area contributed by atoms with Gasteiger partial charge >= 0.3 is 0 Å². The first kappa shape index (κ1) is 11.9. The molecule has 0 fully saturated rings. The monoisotopic (exact) mass is 224 g/mol. The van der Waals surface area contributed by atoms with Gasteiger partial charge in [-0.3, -0.25) is 4.79 Å². The van der Waals surface area contributed by atoms with Gasteiger partial charge in [0.2, 0.25) is 5.91 Å². The molecule has 1 atom stereocenters. The second-order valence-electron chi connectivity index (χ2n) is 3.58. The minimum atomic E-state index is -0.260. The summed E-state index contributed by atoms with van der Waals surface area (Å²) in [4.78, 5) is 12.0. The van der Waals surface area contributed by atoms with Crippen molar-refractivity contribution in [3.8, 4) is 0 Å². The van der Waals surface area contributed by atoms with Crippen LogP contribution >= 0.6 is 11.8 Å². The van der Waals surface area contributed by atoms with E-state index in [0.29, 0.717) is 5.75 Å². The third-order valence-electron chi connectivity index (χ3n) is 2.30. The summed E-state index contributed by atoms with van der Waals surface area (Å²) in [6.45, 7) is 3.81. The minimum Gasteiger partial charge on any atom is -0.398 e. The Hall–Kier alpha value is -1.16. The van der Waals surface area contributed by atoms with E-state index in [2.05, 4.69) is 0 Å². The molecule has 1 rings (SSSR count). The summed E-state index contributed by atoms with van der Waals surface area (Å²) in [6.07, 6.45) is 0. The molecule has 4 N–H and O–H groups in total. The average Bonchev–Trinajstić information content (AvgIpc) is 2.19. The second kappa shape index (κ2) is 5.07. The van der Waals surface area contributed by atoms with Gasteiger partial charge in [0.15, 0.2) is 0 Å². The zero-order valence-electron chi connectivity index (χ0n) is 8.99. The highest BCUT2D eigenvalue weighted by Crippen LogP contribution is 2.27. The lowest BCUT2D eigenvalue weighted by molar-refractivity contribution is -0.120. The highest BCUT2D eigenvalue weighted by molar-refractivity contribution is 7.99. The Bertz CT molecular complexity index is 366. The summed E-state index contributed by atoms with van der Waals surface area (Å²) in [5, 5.41) is 0. The standard InChI is InChI=1S/C11H16N2OS/c1-7(11(13)14)6-15-10-5-3-4-9(12)8(10)2/h3-5,7H,6,12H2,1-2H3,(H2,13,14). The number of carbonyl (C=O) groups excluding carboxylic acids is 1. The van der Waals surface area contributed by atoms with Crippen molar-refractivity contribution in [1.82, 2.24) is 0 Å². The molecular weight excluding hydrogens is 208 g/mol. The van der Waals surface area contributed by atoms with Crippen molar-refractivity contribution in [2.24, 2.45) is 11.7 Å². The van der Waals surface area contributed by atoms with Crippen LogP contribution in [0.4, 0.5) is 5.69 Å². The van der Waals surface area contributed by atoms with Gasteiger partial charge in [-0.1, -0.05) is 13.0 Å². The van der Waals surface area contributed by atoms with E-state index in [1.807, 2.05) is 32.0 Å². The fourth-order valence-corrected chi connectivity index (χ4v) is 2.19. The summed E-state index contributed by atoms with van der Waals surface area (Å²) < 4.78 is 0. The number of benzene rings is 1. The molecule has 0 spiro atoms. The molecule has 1 aromatic carbocycles. The normalized spacial score (nSPS) is 12.4. The fourth-order valence-electron chi connectivity index (χ4n) is 1.08. The molecule has 0 aliphatic heterocycles. The maximum atomic E-state index is 10.9. The first-order chi connectivity index (χ1) is 7.02. The number of hydrogen-bond donors (Lipinski definition) is 2. The van der Waals surface area contributed by atoms with Crippen LogP contribution in [0.25, 0.3) is 0 Å². The number of nitrogen functional groups attached to an aromatic ring is 1. The molecule has 3 nitrogen and oxygen atoms in total. The number of carbonyl (C=O) groups is 1. The van der Waals surface area contributed by atoms with Crippen LogP contribution in [0.2, 0.25) is 0 Å². The van der Waals surface area contributed by atoms with E-state index in [1.165, 1.54) is 0 Å². The smallest absolute Gasteiger partial charge is 0.221 e. The van der Waals surface area contributed by atoms with E-state index in [9.17, 15) is 4.79 Å². The summed E-state index contributed by atoms with van der Waals surface area (Å²) >= 11 is 1.62. The summed E-state index contributed by atoms with van der Waals surface area (Å²) in [5.41, 5.74) is 12.8. The van der Waals surface area contributed by atoms with Gasteiger partial charge in [0.05, 0.1) is 0 Å². The number of primary amides is 1. The van der Waals surface area contributed by atoms with Crippen molar-refractivity contribution in [3.63, 3.8) is 0 Å². The molecule has 0 aliphatic rings. The molecule has 0 saturated heterocycles. The van der Waals surface area contributed by atoms with Crippen molar-refractivity contribution in [2.75, 3.05) is 11.5 Å². The maximum absolute atomic E-state index is 10.9. The molecule has 0 aromatic heterocycles. The second-order valence-corrected chi connectivity index (χ2v) is 4.65. The first-order valence-corrected chi connectivity index (χ1v) is 5.78. The van der Waals surface area contributed by atoms with Crippen LogP contribution in [0.5, 0.6) is 0 Å². The average molecular weight is 224 g/mol. The molecule has 82 valence electrons. The van der Waals surface area contributed by atoms with E-state index in [0.717, 1.165) is 16.1 Å². The molecule has 1 unspecified atom stereocenters. The largest absolute Gasteiger partial charge is 0.398 e. The van der Waals surface area contributed by atoms with Gasteiger partial charge < -0.3 is 11.5 Å². The Labute approximate surface area is 94.2 Å². The molecule has 15 heavy (non-hydrogen) atoms. The van der Waals surface area contributed by atoms with Crippen LogP contribution in [0, 0.1) is 12.8 Å². The molecule has 1 aromatic rings. The van der Waals surface area contributed by atoms with Gasteiger partial charge in [0.1, 0.15) is 0 Å². The Morgan fingerprint density at radius 2 is 2.20 bits per heavy atom. The molecule has 0 heterocycles. The Morgan fingerprint density at radius 3 is 2.80 bits per heavy atom. The molecule has 0 radical (unpaired) electrons. The minimum absolute atomic E-state index is 0.115. The predicted octanol–water partition coefficient (Wildman–Crippen LogP) is 1.79. The first-order valence-electron chi connectivity index (χ1n) is 4.79. The molecule has 1 amide bonds. The van der Waals surface area contributed by atoms with Crippen LogP contribution in [-0.2, 0) is 4.79 Å². The number of rotatable bonds is 4. The summed E-state index contributed by atoms with van der Waals surface area (Å²) in [5.74, 6) is 0.319. The Morgan fingerprint density at radius 1 is 1.53 bits per heavy atom. The molecule has 0 saturated carbocycles. The van der Waals surface area contributed by atoms with Gasteiger partial charge in [0, 0.05) is 22.3 Å². The molecular formula is C11H16N2OS. The summed E-state index contributed by atoms with van der Waals surface area (Å²) in [7, 11) is 0. The van der Waals surface area contributed by atoms with E-state index < -0.39 is 0 Å². The van der Waals surface area contributed by atoms with Crippen molar-refractivity contribution < 1.29 is 4.79 Å². The van der Waals surface area contributed by atoms with E-state index in [1.54, 1.807) is 11.8 Å². The topological polar surface area (TPSA) is 69.1 Å². The maximum Gasteiger partial charge on any atom is 0.221 e. The lowest BCUT2D eigenvalue weighted by Gasteiger charge is -2.10. The lowest BCUT2D eigenvalue weighted by atomic mass is 10.2. The number of thioether (sulfide) groups is 1. The van der Waals surface area contributed by atoms with Crippen LogP contribution in [0.15, 0.2) is 23.1 Å². The van der Waals surface area contributed by atoms with Gasteiger partial charge in [-0.25, -0.2) is 0 Å². The van der Waals surface area contributed by atoms with E-state index in [-0.39, 0.29) is 11.8 Å². The summed E-state index contributed by atoms with van der Waals surface area (Å²) in [6, 6.07) is 5.79. The molecule has 0 bridgehead atoms. The van der Waals surface area contributed by atoms with E-state index in [4.69, 9.17) is 11.5 Å². The van der Waals surface area contributed by atoms with Crippen molar-refractivity contribution >= 4 is 23.4 Å². The number of anilines is 1. The highest BCUT2D eigenvalue weighted by Gasteiger charge is 2.10.